The van der Waals surface area contributed by atoms with Gasteiger partial charge in [-0.2, -0.15) is 5.26 Å². The number of rotatable bonds is 2. The Hall–Kier alpha value is -1.44. The predicted molar refractivity (Wildman–Crippen MR) is 66.3 cm³/mol. The molecule has 1 aromatic rings. The largest absolute Gasteiger partial charge is 0.301 e. The average molecular weight is 230 g/mol. The van der Waals surface area contributed by atoms with Gasteiger partial charge >= 0.3 is 0 Å². The summed E-state index contributed by atoms with van der Waals surface area (Å²) in [5.74, 6) is 0. The maximum absolute atomic E-state index is 9.34. The van der Waals surface area contributed by atoms with E-state index in [1.165, 1.54) is 0 Å². The van der Waals surface area contributed by atoms with Crippen LogP contribution in [0.4, 0.5) is 0 Å². The van der Waals surface area contributed by atoms with Gasteiger partial charge in [-0.3, -0.25) is 9.88 Å². The Kier molecular flexibility index (Phi) is 3.72. The molecule has 2 unspecified atom stereocenters. The van der Waals surface area contributed by atoms with Crippen molar-refractivity contribution in [3.8, 4) is 6.07 Å². The first-order chi connectivity index (χ1) is 8.22. The summed E-state index contributed by atoms with van der Waals surface area (Å²) in [6, 6.07) is 8.39. The summed E-state index contributed by atoms with van der Waals surface area (Å²) in [4.78, 5) is 8.83. The van der Waals surface area contributed by atoms with Crippen LogP contribution in [0, 0.1) is 11.3 Å². The summed E-state index contributed by atoms with van der Waals surface area (Å²) in [7, 11) is 2.13. The first kappa shape index (κ1) is 12.0. The second kappa shape index (κ2) is 5.26. The topological polar surface area (TPSA) is 43.2 Å². The van der Waals surface area contributed by atoms with Gasteiger partial charge in [0.15, 0.2) is 0 Å². The monoisotopic (exact) mass is 230 g/mol. The molecule has 1 aliphatic heterocycles. The van der Waals surface area contributed by atoms with Crippen molar-refractivity contribution in [1.29, 1.82) is 5.26 Å². The Labute approximate surface area is 102 Å². The fourth-order valence-corrected chi connectivity index (χ4v) is 2.18. The van der Waals surface area contributed by atoms with Crippen LogP contribution in [0.1, 0.15) is 18.7 Å². The van der Waals surface area contributed by atoms with E-state index in [4.69, 9.17) is 0 Å². The molecule has 17 heavy (non-hydrogen) atoms. The fraction of sp³-hybridized carbons (Fsp3) is 0.538. The van der Waals surface area contributed by atoms with Crippen molar-refractivity contribution in [2.75, 3.05) is 26.7 Å². The molecule has 1 saturated heterocycles. The average Bonchev–Trinajstić information content (AvgIpc) is 2.36. The number of hydrogen-bond acceptors (Lipinski definition) is 4. The number of likely N-dealkylation sites (N-methyl/N-ethyl adjacent to an activating group) is 1. The summed E-state index contributed by atoms with van der Waals surface area (Å²) in [6.07, 6.45) is 1.75. The Morgan fingerprint density at radius 2 is 2.29 bits per heavy atom. The second-order valence-electron chi connectivity index (χ2n) is 4.61. The number of hydrogen-bond donors (Lipinski definition) is 0. The molecule has 0 N–H and O–H groups in total. The highest BCUT2D eigenvalue weighted by molar-refractivity contribution is 5.16. The van der Waals surface area contributed by atoms with Crippen LogP contribution >= 0.6 is 0 Å². The van der Waals surface area contributed by atoms with Gasteiger partial charge in [0.2, 0.25) is 0 Å². The molecular formula is C13H18N4. The van der Waals surface area contributed by atoms with Crippen LogP contribution in [-0.4, -0.2) is 47.5 Å². The van der Waals surface area contributed by atoms with Gasteiger partial charge in [0.25, 0.3) is 0 Å². The van der Waals surface area contributed by atoms with E-state index in [2.05, 4.69) is 34.8 Å². The Morgan fingerprint density at radius 1 is 1.47 bits per heavy atom. The van der Waals surface area contributed by atoms with E-state index < -0.39 is 0 Å². The van der Waals surface area contributed by atoms with Crippen molar-refractivity contribution in [2.45, 2.75) is 19.0 Å². The molecule has 4 heteroatoms. The minimum absolute atomic E-state index is 0.215. The van der Waals surface area contributed by atoms with E-state index in [9.17, 15) is 5.26 Å². The molecule has 0 aromatic carbocycles. The smallest absolute Gasteiger partial charge is 0.141 e. The van der Waals surface area contributed by atoms with Crippen molar-refractivity contribution in [3.05, 3.63) is 30.1 Å². The summed E-state index contributed by atoms with van der Waals surface area (Å²) in [5.41, 5.74) is 0.853. The lowest BCUT2D eigenvalue weighted by Gasteiger charge is -2.39. The third-order valence-electron chi connectivity index (χ3n) is 3.45. The van der Waals surface area contributed by atoms with Gasteiger partial charge in [0.1, 0.15) is 6.04 Å². The van der Waals surface area contributed by atoms with Crippen LogP contribution in [0.3, 0.4) is 0 Å². The van der Waals surface area contributed by atoms with E-state index in [0.29, 0.717) is 6.04 Å². The minimum Gasteiger partial charge on any atom is -0.301 e. The lowest BCUT2D eigenvalue weighted by atomic mass is 10.1. The lowest BCUT2D eigenvalue weighted by Crippen LogP contribution is -2.50. The molecule has 0 bridgehead atoms. The molecule has 0 spiro atoms. The SMILES string of the molecule is CC1CN(C(C#N)c2ccccn2)CCN1C. The minimum atomic E-state index is -0.215. The molecule has 2 rings (SSSR count). The molecule has 0 radical (unpaired) electrons. The molecule has 1 aromatic heterocycles. The second-order valence-corrected chi connectivity index (χ2v) is 4.61. The molecule has 90 valence electrons. The van der Waals surface area contributed by atoms with Crippen molar-refractivity contribution >= 4 is 0 Å². The van der Waals surface area contributed by atoms with Crippen LogP contribution in [0.25, 0.3) is 0 Å². The Balaban J connectivity index is 2.13. The van der Waals surface area contributed by atoms with Gasteiger partial charge in [0.05, 0.1) is 11.8 Å². The zero-order valence-electron chi connectivity index (χ0n) is 10.4. The maximum atomic E-state index is 9.34. The summed E-state index contributed by atoms with van der Waals surface area (Å²) >= 11 is 0. The lowest BCUT2D eigenvalue weighted by molar-refractivity contribution is 0.0870. The van der Waals surface area contributed by atoms with Crippen LogP contribution < -0.4 is 0 Å². The summed E-state index contributed by atoms with van der Waals surface area (Å²) in [5, 5.41) is 9.34. The molecular weight excluding hydrogens is 212 g/mol. The number of aromatic nitrogens is 1. The normalized spacial score (nSPS) is 24.2. The Bertz CT molecular complexity index is 398. The standard InChI is InChI=1S/C13H18N4/c1-11-10-17(8-7-16(11)2)13(9-14)12-5-3-4-6-15-12/h3-6,11,13H,7-8,10H2,1-2H3. The van der Waals surface area contributed by atoms with Gasteiger partial charge in [-0.1, -0.05) is 6.07 Å². The van der Waals surface area contributed by atoms with E-state index in [1.54, 1.807) is 6.20 Å². The fourth-order valence-electron chi connectivity index (χ4n) is 2.18. The molecule has 2 heterocycles. The predicted octanol–water partition coefficient (Wildman–Crippen LogP) is 1.28. The molecule has 0 aliphatic carbocycles. The number of nitriles is 1. The van der Waals surface area contributed by atoms with Gasteiger partial charge in [-0.25, -0.2) is 0 Å². The van der Waals surface area contributed by atoms with E-state index in [-0.39, 0.29) is 6.04 Å². The Morgan fingerprint density at radius 3 is 2.88 bits per heavy atom. The molecule has 1 aliphatic rings. The van der Waals surface area contributed by atoms with E-state index in [0.717, 1.165) is 25.3 Å². The van der Waals surface area contributed by atoms with Crippen molar-refractivity contribution in [3.63, 3.8) is 0 Å². The highest BCUT2D eigenvalue weighted by atomic mass is 15.3. The third-order valence-corrected chi connectivity index (χ3v) is 3.45. The number of pyridine rings is 1. The van der Waals surface area contributed by atoms with Gasteiger partial charge in [0, 0.05) is 31.9 Å². The van der Waals surface area contributed by atoms with Crippen molar-refractivity contribution in [2.24, 2.45) is 0 Å². The molecule has 4 nitrogen and oxygen atoms in total. The molecule has 1 fully saturated rings. The van der Waals surface area contributed by atoms with Crippen LogP contribution in [-0.2, 0) is 0 Å². The quantitative estimate of drug-likeness (QED) is 0.767. The first-order valence-electron chi connectivity index (χ1n) is 5.97. The van der Waals surface area contributed by atoms with E-state index in [1.807, 2.05) is 18.2 Å². The maximum Gasteiger partial charge on any atom is 0.141 e. The van der Waals surface area contributed by atoms with Crippen molar-refractivity contribution in [1.82, 2.24) is 14.8 Å². The van der Waals surface area contributed by atoms with Crippen LogP contribution in [0.15, 0.2) is 24.4 Å². The van der Waals surface area contributed by atoms with E-state index >= 15 is 0 Å². The number of piperazine rings is 1. The first-order valence-corrected chi connectivity index (χ1v) is 5.97. The van der Waals surface area contributed by atoms with Crippen molar-refractivity contribution < 1.29 is 0 Å². The molecule has 2 atom stereocenters. The zero-order valence-corrected chi connectivity index (χ0v) is 10.4. The van der Waals surface area contributed by atoms with Crippen LogP contribution in [0.5, 0.6) is 0 Å². The number of nitrogens with zero attached hydrogens (tertiary/aromatic N) is 4. The highest BCUT2D eigenvalue weighted by Gasteiger charge is 2.27. The third kappa shape index (κ3) is 2.63. The zero-order chi connectivity index (χ0) is 12.3. The summed E-state index contributed by atoms with van der Waals surface area (Å²) in [6.45, 7) is 5.05. The summed E-state index contributed by atoms with van der Waals surface area (Å²) < 4.78 is 0. The highest BCUT2D eigenvalue weighted by Crippen LogP contribution is 2.21. The van der Waals surface area contributed by atoms with Gasteiger partial charge in [-0.15, -0.1) is 0 Å². The molecule has 0 amide bonds. The molecule has 0 saturated carbocycles. The van der Waals surface area contributed by atoms with Gasteiger partial charge < -0.3 is 4.90 Å². The van der Waals surface area contributed by atoms with Crippen LogP contribution in [0.2, 0.25) is 0 Å². The van der Waals surface area contributed by atoms with Gasteiger partial charge in [-0.05, 0) is 26.1 Å².